The maximum absolute atomic E-state index is 12.8. The average molecular weight is 791 g/mol. The van der Waals surface area contributed by atoms with Crippen molar-refractivity contribution in [2.45, 2.75) is 232 Å². The van der Waals surface area contributed by atoms with Gasteiger partial charge in [-0.1, -0.05) is 194 Å². The summed E-state index contributed by atoms with van der Waals surface area (Å²) in [5, 5.41) is 0. The van der Waals surface area contributed by atoms with Crippen molar-refractivity contribution in [1.29, 1.82) is 0 Å². The Morgan fingerprint density at radius 2 is 0.852 bits per heavy atom. The number of likely N-dealkylation sites (N-methyl/N-ethyl adjacent to an activating group) is 1. The quantitative estimate of drug-likeness (QED) is 0.0281. The maximum atomic E-state index is 12.8. The first-order valence-electron chi connectivity index (χ1n) is 22.8. The van der Waals surface area contributed by atoms with Crippen LogP contribution < -0.4 is 0 Å². The predicted molar refractivity (Wildman–Crippen MR) is 224 cm³/mol. The van der Waals surface area contributed by atoms with Crippen molar-refractivity contribution in [2.24, 2.45) is 0 Å². The zero-order chi connectivity index (χ0) is 40.0. The number of nitrogens with zero attached hydrogens (tertiary/aromatic N) is 1. The number of esters is 2. The first-order valence-corrected chi connectivity index (χ1v) is 24.1. The van der Waals surface area contributed by atoms with Crippen LogP contribution in [-0.2, 0) is 33.6 Å². The Kier molecular flexibility index (Phi) is 36.5. The lowest BCUT2D eigenvalue weighted by atomic mass is 10.0. The van der Waals surface area contributed by atoms with Crippen LogP contribution in [0.25, 0.3) is 0 Å². The topological polar surface area (TPSA) is 116 Å². The highest BCUT2D eigenvalue weighted by atomic mass is 32.3. The molecule has 0 spiro atoms. The summed E-state index contributed by atoms with van der Waals surface area (Å²) >= 11 is 0. The molecule has 0 rings (SSSR count). The third-order valence-corrected chi connectivity index (χ3v) is 11.0. The molecule has 1 N–H and O–H groups in total. The van der Waals surface area contributed by atoms with E-state index in [2.05, 4.69) is 18.0 Å². The summed E-state index contributed by atoms with van der Waals surface area (Å²) in [5.74, 6) is -0.539. The molecule has 0 aromatic carbocycles. The van der Waals surface area contributed by atoms with Crippen LogP contribution in [0.15, 0.2) is 0 Å². The Morgan fingerprint density at radius 3 is 1.20 bits per heavy atom. The van der Waals surface area contributed by atoms with E-state index in [-0.39, 0.29) is 25.2 Å². The minimum Gasteiger partial charge on any atom is -0.461 e. The molecule has 10 heteroatoms. The van der Waals surface area contributed by atoms with Crippen molar-refractivity contribution >= 4 is 22.3 Å². The van der Waals surface area contributed by atoms with Gasteiger partial charge in [-0.15, -0.1) is 0 Å². The molecule has 0 heterocycles. The van der Waals surface area contributed by atoms with Gasteiger partial charge in [-0.2, -0.15) is 8.42 Å². The van der Waals surface area contributed by atoms with E-state index in [0.29, 0.717) is 36.8 Å². The molecule has 1 unspecified atom stereocenters. The van der Waals surface area contributed by atoms with Crippen molar-refractivity contribution in [2.75, 3.05) is 40.4 Å². The van der Waals surface area contributed by atoms with Gasteiger partial charge in [0.05, 0.1) is 27.2 Å². The molecular formula is C44H88NO8S+. The van der Waals surface area contributed by atoms with Crippen LogP contribution in [0.2, 0.25) is 0 Å². The SMILES string of the molecule is CCCCCCCCCCCCCCCCCC(=O)OCC(C[N+](C)(C)CCCOS(=O)(=O)O)OC(=O)CCCCCCCCCCCCCCCCC. The van der Waals surface area contributed by atoms with Crippen molar-refractivity contribution < 1.29 is 40.7 Å². The standard InChI is InChI=1S/C44H87NO8S/c1-5-7-9-11-13-15-17-19-21-23-25-27-29-31-33-36-43(46)51-41-42(40-45(3,4)38-35-39-52-54(48,49)50)53-44(47)37-34-32-30-28-26-24-22-20-18-16-14-12-10-8-6-2/h42H,5-41H2,1-4H3/p+1. The fourth-order valence-corrected chi connectivity index (χ4v) is 7.54. The minimum absolute atomic E-state index is 0.00533. The van der Waals surface area contributed by atoms with Gasteiger partial charge in [0, 0.05) is 19.3 Å². The Morgan fingerprint density at radius 1 is 0.519 bits per heavy atom. The molecular weight excluding hydrogens is 703 g/mol. The van der Waals surface area contributed by atoms with Gasteiger partial charge in [0.1, 0.15) is 13.2 Å². The second-order valence-corrected chi connectivity index (χ2v) is 17.7. The number of ether oxygens (including phenoxy) is 2. The first-order chi connectivity index (χ1) is 26.0. The fraction of sp³-hybridized carbons (Fsp3) is 0.955. The smallest absolute Gasteiger partial charge is 0.397 e. The molecule has 0 fully saturated rings. The second kappa shape index (κ2) is 37.4. The van der Waals surface area contributed by atoms with Crippen LogP contribution in [-0.4, -0.2) is 75.9 Å². The maximum Gasteiger partial charge on any atom is 0.397 e. The molecule has 0 aromatic rings. The van der Waals surface area contributed by atoms with Crippen LogP contribution in [0, 0.1) is 0 Å². The molecule has 322 valence electrons. The number of hydrogen-bond acceptors (Lipinski definition) is 7. The van der Waals surface area contributed by atoms with Gasteiger partial charge in [-0.05, 0) is 12.8 Å². The summed E-state index contributed by atoms with van der Waals surface area (Å²) in [6.07, 6.45) is 38.5. The average Bonchev–Trinajstić information content (AvgIpc) is 3.12. The monoisotopic (exact) mass is 791 g/mol. The van der Waals surface area contributed by atoms with Crippen molar-refractivity contribution in [3.8, 4) is 0 Å². The summed E-state index contributed by atoms with van der Waals surface area (Å²) in [4.78, 5) is 25.4. The number of carbonyl (C=O) groups is 2. The molecule has 0 radical (unpaired) electrons. The number of carbonyl (C=O) groups excluding carboxylic acids is 2. The minimum atomic E-state index is -4.48. The van der Waals surface area contributed by atoms with Gasteiger partial charge >= 0.3 is 22.3 Å². The Balaban J connectivity index is 4.32. The lowest BCUT2D eigenvalue weighted by molar-refractivity contribution is -0.893. The van der Waals surface area contributed by atoms with Crippen LogP contribution in [0.3, 0.4) is 0 Å². The highest BCUT2D eigenvalue weighted by Gasteiger charge is 2.27. The molecule has 0 aliphatic carbocycles. The van der Waals surface area contributed by atoms with E-state index in [4.69, 9.17) is 14.0 Å². The first kappa shape index (κ1) is 52.8. The Bertz CT molecular complexity index is 958. The van der Waals surface area contributed by atoms with Crippen LogP contribution in [0.5, 0.6) is 0 Å². The summed E-state index contributed by atoms with van der Waals surface area (Å²) in [6.45, 7) is 5.32. The van der Waals surface area contributed by atoms with Crippen LogP contribution in [0.1, 0.15) is 226 Å². The number of hydrogen-bond donors (Lipinski definition) is 1. The van der Waals surface area contributed by atoms with Gasteiger partial charge in [0.15, 0.2) is 6.10 Å². The number of rotatable bonds is 42. The third-order valence-electron chi connectivity index (χ3n) is 10.5. The molecule has 0 aliphatic rings. The highest BCUT2D eigenvalue weighted by Crippen LogP contribution is 2.16. The summed E-state index contributed by atoms with van der Waals surface area (Å²) in [6, 6.07) is 0. The van der Waals surface area contributed by atoms with Crippen LogP contribution in [0.4, 0.5) is 0 Å². The highest BCUT2D eigenvalue weighted by molar-refractivity contribution is 7.80. The number of quaternary nitrogens is 1. The molecule has 9 nitrogen and oxygen atoms in total. The van der Waals surface area contributed by atoms with Crippen molar-refractivity contribution in [3.63, 3.8) is 0 Å². The van der Waals surface area contributed by atoms with E-state index in [0.717, 1.165) is 38.5 Å². The summed E-state index contributed by atoms with van der Waals surface area (Å²) < 4.78 is 47.0. The van der Waals surface area contributed by atoms with E-state index < -0.39 is 16.5 Å². The summed E-state index contributed by atoms with van der Waals surface area (Å²) in [7, 11) is -0.593. The largest absolute Gasteiger partial charge is 0.461 e. The van der Waals surface area contributed by atoms with E-state index in [1.165, 1.54) is 154 Å². The zero-order valence-corrected chi connectivity index (χ0v) is 36.7. The molecule has 0 amide bonds. The fourth-order valence-electron chi connectivity index (χ4n) is 7.21. The molecule has 1 atom stereocenters. The zero-order valence-electron chi connectivity index (χ0n) is 35.9. The third kappa shape index (κ3) is 40.4. The van der Waals surface area contributed by atoms with E-state index in [1.54, 1.807) is 0 Å². The lowest BCUT2D eigenvalue weighted by Gasteiger charge is -2.33. The second-order valence-electron chi connectivity index (χ2n) is 16.6. The normalized spacial score (nSPS) is 12.6. The molecule has 0 aromatic heterocycles. The Hall–Kier alpha value is -1.23. The molecule has 54 heavy (non-hydrogen) atoms. The molecule has 0 saturated carbocycles. The number of unbranched alkanes of at least 4 members (excludes halogenated alkanes) is 28. The van der Waals surface area contributed by atoms with Gasteiger partial charge < -0.3 is 14.0 Å². The lowest BCUT2D eigenvalue weighted by Crippen LogP contribution is -2.49. The van der Waals surface area contributed by atoms with E-state index in [1.807, 2.05) is 14.1 Å². The van der Waals surface area contributed by atoms with E-state index in [9.17, 15) is 18.0 Å². The van der Waals surface area contributed by atoms with Gasteiger partial charge in [0.2, 0.25) is 0 Å². The van der Waals surface area contributed by atoms with Crippen molar-refractivity contribution in [3.05, 3.63) is 0 Å². The van der Waals surface area contributed by atoms with Crippen LogP contribution >= 0.6 is 0 Å². The Labute approximate surface area is 334 Å². The van der Waals surface area contributed by atoms with Gasteiger partial charge in [-0.3, -0.25) is 14.1 Å². The molecule has 0 saturated heterocycles. The molecule has 0 bridgehead atoms. The summed E-state index contributed by atoms with van der Waals surface area (Å²) in [5.41, 5.74) is 0. The molecule has 0 aliphatic heterocycles. The van der Waals surface area contributed by atoms with Gasteiger partial charge in [-0.25, -0.2) is 4.18 Å². The van der Waals surface area contributed by atoms with Crippen molar-refractivity contribution in [1.82, 2.24) is 0 Å². The van der Waals surface area contributed by atoms with Gasteiger partial charge in [0.25, 0.3) is 0 Å². The predicted octanol–water partition coefficient (Wildman–Crippen LogP) is 12.3. The van der Waals surface area contributed by atoms with E-state index >= 15 is 0 Å².